The fourth-order valence-corrected chi connectivity index (χ4v) is 5.32. The topological polar surface area (TPSA) is 52.6 Å². The van der Waals surface area contributed by atoms with E-state index in [0.717, 1.165) is 34.0 Å². The third kappa shape index (κ3) is 3.18. The van der Waals surface area contributed by atoms with E-state index in [1.54, 1.807) is 6.07 Å². The predicted octanol–water partition coefficient (Wildman–Crippen LogP) is 5.85. The fourth-order valence-electron chi connectivity index (χ4n) is 5.32. The molecule has 1 aliphatic carbocycles. The molecule has 0 saturated heterocycles. The van der Waals surface area contributed by atoms with Gasteiger partial charge >= 0.3 is 0 Å². The Morgan fingerprint density at radius 1 is 1.10 bits per heavy atom. The van der Waals surface area contributed by atoms with Crippen LogP contribution in [0.4, 0.5) is 5.69 Å². The molecule has 3 aromatic rings. The van der Waals surface area contributed by atoms with Crippen LogP contribution in [0.2, 0.25) is 0 Å². The van der Waals surface area contributed by atoms with Crippen LogP contribution in [0, 0.1) is 5.92 Å². The Labute approximate surface area is 183 Å². The molecule has 0 aromatic heterocycles. The number of carbonyl (C=O) groups is 1. The van der Waals surface area contributed by atoms with E-state index >= 15 is 0 Å². The molecular weight excluding hydrogens is 384 g/mol. The maximum absolute atomic E-state index is 12.9. The Bertz CT molecular complexity index is 1180. The van der Waals surface area contributed by atoms with Crippen molar-refractivity contribution in [2.75, 3.05) is 18.4 Å². The number of anilines is 1. The van der Waals surface area contributed by atoms with Crippen molar-refractivity contribution in [3.8, 4) is 5.75 Å². The Kier molecular flexibility index (Phi) is 4.93. The summed E-state index contributed by atoms with van der Waals surface area (Å²) in [7, 11) is 0. The van der Waals surface area contributed by atoms with E-state index in [1.165, 1.54) is 5.56 Å². The Balaban J connectivity index is 1.59. The number of nitrogens with one attached hydrogen (secondary N) is 1. The van der Waals surface area contributed by atoms with E-state index in [4.69, 9.17) is 0 Å². The van der Waals surface area contributed by atoms with Crippen LogP contribution in [-0.2, 0) is 0 Å². The van der Waals surface area contributed by atoms with Crippen LogP contribution in [0.1, 0.15) is 53.7 Å². The molecule has 31 heavy (non-hydrogen) atoms. The van der Waals surface area contributed by atoms with Gasteiger partial charge in [-0.2, -0.15) is 0 Å². The van der Waals surface area contributed by atoms with E-state index in [0.29, 0.717) is 24.8 Å². The van der Waals surface area contributed by atoms with Crippen molar-refractivity contribution in [3.05, 3.63) is 83.4 Å². The summed E-state index contributed by atoms with van der Waals surface area (Å²) >= 11 is 0. The maximum atomic E-state index is 12.9. The van der Waals surface area contributed by atoms with E-state index in [9.17, 15) is 9.90 Å². The van der Waals surface area contributed by atoms with Gasteiger partial charge in [0, 0.05) is 35.8 Å². The van der Waals surface area contributed by atoms with Crippen LogP contribution in [0.3, 0.4) is 0 Å². The zero-order valence-corrected chi connectivity index (χ0v) is 18.0. The fraction of sp³-hybridized carbons (Fsp3) is 0.296. The van der Waals surface area contributed by atoms with Crippen LogP contribution in [0.5, 0.6) is 5.75 Å². The minimum absolute atomic E-state index is 0.00272. The van der Waals surface area contributed by atoms with Crippen molar-refractivity contribution in [1.29, 1.82) is 0 Å². The number of hydrogen-bond acceptors (Lipinski definition) is 3. The summed E-state index contributed by atoms with van der Waals surface area (Å²) in [5.41, 5.74) is 3.93. The van der Waals surface area contributed by atoms with Gasteiger partial charge in [-0.15, -0.1) is 0 Å². The molecule has 1 heterocycles. The SMILES string of the molecule is CCN(CC)C(=O)c1ccc2c(c1)C1C=CCC1C(c1c(O)ccc3ccccc13)N2. The summed E-state index contributed by atoms with van der Waals surface area (Å²) in [6, 6.07) is 18.0. The number of amides is 1. The highest BCUT2D eigenvalue weighted by Gasteiger charge is 2.39. The number of benzene rings is 3. The molecule has 3 unspecified atom stereocenters. The molecule has 2 N–H and O–H groups in total. The first-order chi connectivity index (χ1) is 15.1. The number of carbonyl (C=O) groups excluding carboxylic acids is 1. The normalized spacial score (nSPS) is 21.4. The van der Waals surface area contributed by atoms with Gasteiger partial charge in [0.15, 0.2) is 0 Å². The highest BCUT2D eigenvalue weighted by atomic mass is 16.3. The molecule has 0 saturated carbocycles. The molecule has 5 rings (SSSR count). The maximum Gasteiger partial charge on any atom is 0.253 e. The Morgan fingerprint density at radius 3 is 2.71 bits per heavy atom. The number of allylic oxidation sites excluding steroid dienone is 2. The molecule has 3 aromatic carbocycles. The average molecular weight is 413 g/mol. The minimum atomic E-state index is 0.00272. The van der Waals surface area contributed by atoms with E-state index in [-0.39, 0.29) is 17.9 Å². The lowest BCUT2D eigenvalue weighted by atomic mass is 9.75. The van der Waals surface area contributed by atoms with Gasteiger partial charge in [-0.3, -0.25) is 4.79 Å². The number of fused-ring (bicyclic) bond motifs is 4. The highest BCUT2D eigenvalue weighted by Crippen LogP contribution is 2.52. The van der Waals surface area contributed by atoms with E-state index < -0.39 is 0 Å². The Hall–Kier alpha value is -3.27. The van der Waals surface area contributed by atoms with Crippen molar-refractivity contribution in [3.63, 3.8) is 0 Å². The number of rotatable bonds is 4. The predicted molar refractivity (Wildman–Crippen MR) is 126 cm³/mol. The van der Waals surface area contributed by atoms with Crippen LogP contribution in [-0.4, -0.2) is 29.0 Å². The van der Waals surface area contributed by atoms with Crippen LogP contribution in [0.15, 0.2) is 66.7 Å². The second-order valence-electron chi connectivity index (χ2n) is 8.47. The zero-order valence-electron chi connectivity index (χ0n) is 18.0. The lowest BCUT2D eigenvalue weighted by molar-refractivity contribution is 0.0773. The third-order valence-corrected chi connectivity index (χ3v) is 6.92. The summed E-state index contributed by atoms with van der Waals surface area (Å²) in [5.74, 6) is 0.936. The van der Waals surface area contributed by atoms with E-state index in [2.05, 4.69) is 35.7 Å². The first-order valence-electron chi connectivity index (χ1n) is 11.2. The van der Waals surface area contributed by atoms with Crippen molar-refractivity contribution in [1.82, 2.24) is 4.90 Å². The first kappa shape index (κ1) is 19.7. The molecule has 2 aliphatic rings. The van der Waals surface area contributed by atoms with Crippen LogP contribution >= 0.6 is 0 Å². The lowest BCUT2D eigenvalue weighted by Gasteiger charge is -2.38. The second kappa shape index (κ2) is 7.77. The van der Waals surface area contributed by atoms with Crippen molar-refractivity contribution in [2.24, 2.45) is 5.92 Å². The monoisotopic (exact) mass is 412 g/mol. The van der Waals surface area contributed by atoms with Crippen molar-refractivity contribution >= 4 is 22.4 Å². The second-order valence-corrected chi connectivity index (χ2v) is 8.47. The van der Waals surface area contributed by atoms with Crippen LogP contribution < -0.4 is 5.32 Å². The summed E-state index contributed by atoms with van der Waals surface area (Å²) in [4.78, 5) is 14.8. The molecule has 0 fully saturated rings. The number of nitrogens with zero attached hydrogens (tertiary/aromatic N) is 1. The molecule has 0 spiro atoms. The van der Waals surface area contributed by atoms with Gasteiger partial charge in [0.05, 0.1) is 6.04 Å². The number of hydrogen-bond donors (Lipinski definition) is 2. The average Bonchev–Trinajstić information content (AvgIpc) is 3.29. The quantitative estimate of drug-likeness (QED) is 0.528. The van der Waals surface area contributed by atoms with Gasteiger partial charge in [0.1, 0.15) is 5.75 Å². The van der Waals surface area contributed by atoms with Gasteiger partial charge < -0.3 is 15.3 Å². The van der Waals surface area contributed by atoms with E-state index in [1.807, 2.05) is 49.1 Å². The molecule has 0 bridgehead atoms. The minimum Gasteiger partial charge on any atom is -0.508 e. The number of phenolic OH excluding ortho intramolecular Hbond substituents is 1. The number of aromatic hydroxyl groups is 1. The van der Waals surface area contributed by atoms with Gasteiger partial charge in [-0.1, -0.05) is 42.5 Å². The molecule has 158 valence electrons. The molecule has 1 amide bonds. The number of phenols is 1. The molecule has 4 heteroatoms. The summed E-state index contributed by atoms with van der Waals surface area (Å²) in [6.07, 6.45) is 5.45. The summed E-state index contributed by atoms with van der Waals surface area (Å²) in [6.45, 7) is 5.44. The summed E-state index contributed by atoms with van der Waals surface area (Å²) in [5, 5.41) is 16.8. The van der Waals surface area contributed by atoms with Crippen molar-refractivity contribution in [2.45, 2.75) is 32.2 Å². The highest BCUT2D eigenvalue weighted by molar-refractivity contribution is 5.95. The molecule has 4 nitrogen and oxygen atoms in total. The Morgan fingerprint density at radius 2 is 1.90 bits per heavy atom. The molecule has 3 atom stereocenters. The smallest absolute Gasteiger partial charge is 0.253 e. The first-order valence-corrected chi connectivity index (χ1v) is 11.2. The van der Waals surface area contributed by atoms with Gasteiger partial charge in [-0.05, 0) is 66.8 Å². The molecule has 1 aliphatic heterocycles. The molecule has 0 radical (unpaired) electrons. The lowest BCUT2D eigenvalue weighted by Crippen LogP contribution is -2.32. The van der Waals surface area contributed by atoms with Gasteiger partial charge in [-0.25, -0.2) is 0 Å². The van der Waals surface area contributed by atoms with Crippen LogP contribution in [0.25, 0.3) is 10.8 Å². The summed E-state index contributed by atoms with van der Waals surface area (Å²) < 4.78 is 0. The largest absolute Gasteiger partial charge is 0.508 e. The third-order valence-electron chi connectivity index (χ3n) is 6.92. The van der Waals surface area contributed by atoms with Gasteiger partial charge in [0.25, 0.3) is 5.91 Å². The van der Waals surface area contributed by atoms with Crippen molar-refractivity contribution < 1.29 is 9.90 Å². The zero-order chi connectivity index (χ0) is 21.5. The standard InChI is InChI=1S/C27H28N2O2/c1-3-29(4-2)27(31)18-12-14-23-22(16-18)20-10-7-11-21(20)26(28-23)25-19-9-6-5-8-17(19)13-15-24(25)30/h5-10,12-16,20-21,26,28,30H,3-4,11H2,1-2H3. The molecular formula is C27H28N2O2. The van der Waals surface area contributed by atoms with Gasteiger partial charge in [0.2, 0.25) is 0 Å².